The van der Waals surface area contributed by atoms with Crippen molar-refractivity contribution in [2.45, 2.75) is 90.9 Å². The van der Waals surface area contributed by atoms with E-state index >= 15 is 0 Å². The van der Waals surface area contributed by atoms with Crippen LogP contribution in [0.4, 0.5) is 0 Å². The molecule has 1 aliphatic rings. The van der Waals surface area contributed by atoms with Gasteiger partial charge in [0.05, 0.1) is 0 Å². The number of nitrogens with two attached hydrogens (primary N) is 1. The third-order valence-electron chi connectivity index (χ3n) is 6.94. The Labute approximate surface area is 201 Å². The van der Waals surface area contributed by atoms with E-state index in [9.17, 15) is 4.79 Å². The highest BCUT2D eigenvalue weighted by atomic mass is 16.4. The lowest BCUT2D eigenvalue weighted by Crippen LogP contribution is -2.49. The maximum atomic E-state index is 13.0. The smallest absolute Gasteiger partial charge is 0.254 e. The molecule has 1 amide bonds. The van der Waals surface area contributed by atoms with Crippen LogP contribution in [0.5, 0.6) is 0 Å². The molecule has 1 saturated heterocycles. The summed E-state index contributed by atoms with van der Waals surface area (Å²) in [6.07, 6.45) is 16.5. The molecule has 33 heavy (non-hydrogen) atoms. The normalized spacial score (nSPS) is 15.2. The topological polar surface area (TPSA) is 82.2 Å². The number of carbonyl (C=O) groups excluding carboxylic acids is 1. The lowest BCUT2D eigenvalue weighted by molar-refractivity contribution is 0.0634. The van der Waals surface area contributed by atoms with Gasteiger partial charge in [0.15, 0.2) is 5.84 Å². The number of hydrogen-bond donors (Lipinski definition) is 2. The van der Waals surface area contributed by atoms with E-state index in [0.29, 0.717) is 11.1 Å². The minimum atomic E-state index is 0.0325. The van der Waals surface area contributed by atoms with Crippen molar-refractivity contribution in [3.8, 4) is 0 Å². The fraction of sp³-hybridized carbons (Fsp3) is 0.704. The van der Waals surface area contributed by atoms with Gasteiger partial charge in [-0.15, -0.1) is 0 Å². The number of rotatable bonds is 15. The Morgan fingerprint density at radius 3 is 1.94 bits per heavy atom. The zero-order valence-corrected chi connectivity index (χ0v) is 21.0. The molecule has 0 aromatic heterocycles. The van der Waals surface area contributed by atoms with Gasteiger partial charge in [0.1, 0.15) is 0 Å². The van der Waals surface area contributed by atoms with Crippen LogP contribution in [0, 0.1) is 6.92 Å². The van der Waals surface area contributed by atoms with Crippen LogP contribution in [0.3, 0.4) is 0 Å². The number of nitrogens with zero attached hydrogens (tertiary/aromatic N) is 3. The van der Waals surface area contributed by atoms with Crippen LogP contribution in [-0.4, -0.2) is 59.5 Å². The van der Waals surface area contributed by atoms with Crippen LogP contribution in [0.1, 0.15) is 105 Å². The Kier molecular flexibility index (Phi) is 12.9. The molecule has 1 aromatic rings. The molecule has 6 heteroatoms. The van der Waals surface area contributed by atoms with Crippen LogP contribution >= 0.6 is 0 Å². The van der Waals surface area contributed by atoms with Crippen molar-refractivity contribution >= 4 is 11.7 Å². The summed E-state index contributed by atoms with van der Waals surface area (Å²) in [7, 11) is 0. The number of carbonyl (C=O) groups is 1. The van der Waals surface area contributed by atoms with Gasteiger partial charge in [0.2, 0.25) is 0 Å². The minimum absolute atomic E-state index is 0.0325. The Bertz CT molecular complexity index is 727. The van der Waals surface area contributed by atoms with Gasteiger partial charge in [-0.1, -0.05) is 94.8 Å². The van der Waals surface area contributed by atoms with Gasteiger partial charge in [-0.25, -0.2) is 0 Å². The number of amidine groups is 1. The largest absolute Gasteiger partial charge is 0.409 e. The number of benzene rings is 1. The average Bonchev–Trinajstić information content (AvgIpc) is 2.84. The van der Waals surface area contributed by atoms with Crippen LogP contribution in [0.15, 0.2) is 23.4 Å². The Morgan fingerprint density at radius 1 is 0.879 bits per heavy atom. The molecule has 1 aromatic carbocycles. The summed E-state index contributed by atoms with van der Waals surface area (Å²) < 4.78 is 0. The molecule has 186 valence electrons. The predicted octanol–water partition coefficient (Wildman–Crippen LogP) is 5.55. The van der Waals surface area contributed by atoms with Crippen molar-refractivity contribution in [3.63, 3.8) is 0 Å². The summed E-state index contributed by atoms with van der Waals surface area (Å²) in [4.78, 5) is 17.4. The highest BCUT2D eigenvalue weighted by molar-refractivity contribution is 6.03. The monoisotopic (exact) mass is 458 g/mol. The second-order valence-corrected chi connectivity index (χ2v) is 9.49. The van der Waals surface area contributed by atoms with E-state index in [1.807, 2.05) is 17.9 Å². The average molecular weight is 459 g/mol. The third kappa shape index (κ3) is 9.36. The molecule has 1 fully saturated rings. The van der Waals surface area contributed by atoms with E-state index in [4.69, 9.17) is 10.9 Å². The maximum absolute atomic E-state index is 13.0. The summed E-state index contributed by atoms with van der Waals surface area (Å²) in [5.74, 6) is 0.0690. The second-order valence-electron chi connectivity index (χ2n) is 9.49. The van der Waals surface area contributed by atoms with Crippen LogP contribution in [-0.2, 0) is 0 Å². The van der Waals surface area contributed by atoms with E-state index < -0.39 is 0 Å². The van der Waals surface area contributed by atoms with E-state index in [2.05, 4.69) is 17.0 Å². The molecule has 0 aliphatic carbocycles. The van der Waals surface area contributed by atoms with E-state index in [1.54, 1.807) is 12.1 Å². The summed E-state index contributed by atoms with van der Waals surface area (Å²) in [5.41, 5.74) is 7.75. The minimum Gasteiger partial charge on any atom is -0.409 e. The Balaban J connectivity index is 1.58. The number of oxime groups is 1. The molecule has 0 radical (unpaired) electrons. The van der Waals surface area contributed by atoms with Gasteiger partial charge in [-0.2, -0.15) is 0 Å². The third-order valence-corrected chi connectivity index (χ3v) is 6.94. The molecule has 3 N–H and O–H groups in total. The first kappa shape index (κ1) is 27.2. The Hall–Kier alpha value is -2.08. The quantitative estimate of drug-likeness (QED) is 0.119. The molecule has 1 heterocycles. The predicted molar refractivity (Wildman–Crippen MR) is 137 cm³/mol. The van der Waals surface area contributed by atoms with Crippen molar-refractivity contribution in [1.82, 2.24) is 9.80 Å². The Morgan fingerprint density at radius 2 is 1.39 bits per heavy atom. The first-order valence-electron chi connectivity index (χ1n) is 13.2. The van der Waals surface area contributed by atoms with Crippen LogP contribution in [0.2, 0.25) is 0 Å². The lowest BCUT2D eigenvalue weighted by atomic mass is 10.0. The fourth-order valence-electron chi connectivity index (χ4n) is 4.72. The van der Waals surface area contributed by atoms with Crippen LogP contribution < -0.4 is 5.73 Å². The molecular weight excluding hydrogens is 412 g/mol. The van der Waals surface area contributed by atoms with Gasteiger partial charge in [0, 0.05) is 37.3 Å². The van der Waals surface area contributed by atoms with Crippen molar-refractivity contribution in [3.05, 3.63) is 34.9 Å². The molecule has 6 nitrogen and oxygen atoms in total. The fourth-order valence-corrected chi connectivity index (χ4v) is 4.72. The van der Waals surface area contributed by atoms with Crippen molar-refractivity contribution in [1.29, 1.82) is 0 Å². The number of amides is 1. The van der Waals surface area contributed by atoms with E-state index in [-0.39, 0.29) is 11.7 Å². The summed E-state index contributed by atoms with van der Waals surface area (Å²) >= 11 is 0. The van der Waals surface area contributed by atoms with E-state index in [1.165, 1.54) is 77.0 Å². The molecule has 2 rings (SSSR count). The highest BCUT2D eigenvalue weighted by Gasteiger charge is 2.24. The lowest BCUT2D eigenvalue weighted by Gasteiger charge is -2.35. The molecule has 0 saturated carbocycles. The zero-order chi connectivity index (χ0) is 23.9. The molecule has 0 spiro atoms. The van der Waals surface area contributed by atoms with E-state index in [0.717, 1.165) is 38.3 Å². The van der Waals surface area contributed by atoms with Gasteiger partial charge >= 0.3 is 0 Å². The molecule has 0 atom stereocenters. The van der Waals surface area contributed by atoms with Crippen molar-refractivity contribution < 1.29 is 10.0 Å². The van der Waals surface area contributed by atoms with Gasteiger partial charge < -0.3 is 15.8 Å². The van der Waals surface area contributed by atoms with Gasteiger partial charge in [-0.05, 0) is 31.5 Å². The summed E-state index contributed by atoms with van der Waals surface area (Å²) in [6, 6.07) is 5.38. The number of piperazine rings is 1. The maximum Gasteiger partial charge on any atom is 0.254 e. The highest BCUT2D eigenvalue weighted by Crippen LogP contribution is 2.18. The summed E-state index contributed by atoms with van der Waals surface area (Å²) in [6.45, 7) is 8.64. The standard InChI is InChI=1S/C27H46N4O2/c1-3-4-5-6-7-8-9-10-11-12-13-14-18-30-19-21-31(22-20-30)27(32)25-17-15-16-24(23(25)2)26(28)29-33/h15-17,33H,3-14,18-22H2,1-2H3,(H2,28,29). The number of hydrogen-bond acceptors (Lipinski definition) is 4. The van der Waals surface area contributed by atoms with Crippen molar-refractivity contribution in [2.24, 2.45) is 10.9 Å². The molecular formula is C27H46N4O2. The van der Waals surface area contributed by atoms with Crippen molar-refractivity contribution in [2.75, 3.05) is 32.7 Å². The molecule has 1 aliphatic heterocycles. The second kappa shape index (κ2) is 15.7. The number of unbranched alkanes of at least 4 members (excludes halogenated alkanes) is 11. The first-order valence-corrected chi connectivity index (χ1v) is 13.2. The first-order chi connectivity index (χ1) is 16.1. The zero-order valence-electron chi connectivity index (χ0n) is 21.0. The van der Waals surface area contributed by atoms with Gasteiger partial charge in [-0.3, -0.25) is 9.69 Å². The SMILES string of the molecule is CCCCCCCCCCCCCCN1CCN(C(=O)c2cccc(C(N)=NO)c2C)CC1. The summed E-state index contributed by atoms with van der Waals surface area (Å²) in [5, 5.41) is 12.0. The molecule has 0 bridgehead atoms. The van der Waals surface area contributed by atoms with Crippen LogP contribution in [0.25, 0.3) is 0 Å². The van der Waals surface area contributed by atoms with Gasteiger partial charge in [0.25, 0.3) is 5.91 Å². The molecule has 0 unspecified atom stereocenters.